The highest BCUT2D eigenvalue weighted by molar-refractivity contribution is 7.01. The van der Waals surface area contributed by atoms with Gasteiger partial charge in [-0.05, 0) is 55.5 Å². The fourth-order valence-corrected chi connectivity index (χ4v) is 9.47. The number of hydrogen-bond acceptors (Lipinski definition) is 2. The zero-order valence-electron chi connectivity index (χ0n) is 19.1. The minimum Gasteiger partial charge on any atom is -0.384 e. The molecule has 0 N–H and O–H groups in total. The number of ether oxygens (including phenoxy) is 2. The molecule has 0 spiro atoms. The van der Waals surface area contributed by atoms with Gasteiger partial charge in [0, 0.05) is 29.7 Å². The molecule has 1 saturated carbocycles. The van der Waals surface area contributed by atoms with Crippen molar-refractivity contribution >= 4 is 41.6 Å². The molecule has 0 bridgehead atoms. The van der Waals surface area contributed by atoms with Gasteiger partial charge in [0.2, 0.25) is 0 Å². The molecule has 31 heavy (non-hydrogen) atoms. The van der Waals surface area contributed by atoms with Crippen LogP contribution in [0.3, 0.4) is 0 Å². The minimum absolute atomic E-state index is 0.0665. The molecular weight excluding hydrogens is 443 g/mol. The lowest BCUT2D eigenvalue weighted by Crippen LogP contribution is -2.56. The van der Waals surface area contributed by atoms with Crippen LogP contribution in [-0.2, 0) is 9.47 Å². The van der Waals surface area contributed by atoms with Crippen LogP contribution in [-0.4, -0.2) is 35.5 Å². The number of rotatable bonds is 10. The summed E-state index contributed by atoms with van der Waals surface area (Å²) in [5.74, 6) is 0.662. The predicted octanol–water partition coefficient (Wildman–Crippen LogP) is 6.44. The Morgan fingerprint density at radius 2 is 1.26 bits per heavy atom. The van der Waals surface area contributed by atoms with E-state index in [1.54, 1.807) is 0 Å². The first kappa shape index (κ1) is 24.8. The molecule has 2 nitrogen and oxygen atoms in total. The van der Waals surface area contributed by atoms with Gasteiger partial charge < -0.3 is 9.47 Å². The SMILES string of the molecule is COCC(CC[Si](C)(c1ccc(Cl)cc1)c1ccc(Cl)cc1)(COC)C1CCCCC1. The monoisotopic (exact) mass is 478 g/mol. The fourth-order valence-electron chi connectivity index (χ4n) is 5.51. The van der Waals surface area contributed by atoms with Crippen molar-refractivity contribution in [2.45, 2.75) is 51.1 Å². The van der Waals surface area contributed by atoms with Gasteiger partial charge in [-0.15, -0.1) is 0 Å². The molecule has 0 radical (unpaired) electrons. The highest BCUT2D eigenvalue weighted by Gasteiger charge is 2.42. The summed E-state index contributed by atoms with van der Waals surface area (Å²) in [7, 11) is 1.66. The second-order valence-electron chi connectivity index (χ2n) is 9.41. The first-order chi connectivity index (χ1) is 14.9. The molecule has 2 aromatic rings. The molecular formula is C26H36Cl2O2Si. The maximum Gasteiger partial charge on any atom is 0.115 e. The Morgan fingerprint density at radius 1 is 0.806 bits per heavy atom. The maximum absolute atomic E-state index is 6.23. The van der Waals surface area contributed by atoms with E-state index in [2.05, 4.69) is 30.8 Å². The van der Waals surface area contributed by atoms with Gasteiger partial charge in [-0.3, -0.25) is 0 Å². The number of methoxy groups -OCH3 is 2. The van der Waals surface area contributed by atoms with E-state index in [1.807, 2.05) is 38.5 Å². The molecule has 1 aliphatic rings. The van der Waals surface area contributed by atoms with E-state index < -0.39 is 8.07 Å². The lowest BCUT2D eigenvalue weighted by molar-refractivity contribution is -0.0433. The van der Waals surface area contributed by atoms with Crippen molar-refractivity contribution in [3.05, 3.63) is 58.6 Å². The third-order valence-electron chi connectivity index (χ3n) is 7.42. The summed E-state index contributed by atoms with van der Waals surface area (Å²) >= 11 is 12.5. The second kappa shape index (κ2) is 11.3. The zero-order chi connectivity index (χ0) is 22.3. The average Bonchev–Trinajstić information content (AvgIpc) is 2.79. The third-order valence-corrected chi connectivity index (χ3v) is 12.4. The van der Waals surface area contributed by atoms with Crippen LogP contribution in [0.5, 0.6) is 0 Å². The van der Waals surface area contributed by atoms with Crippen molar-refractivity contribution in [3.8, 4) is 0 Å². The summed E-state index contributed by atoms with van der Waals surface area (Å²) < 4.78 is 11.6. The van der Waals surface area contributed by atoms with Gasteiger partial charge in [-0.1, -0.05) is 83.7 Å². The predicted molar refractivity (Wildman–Crippen MR) is 136 cm³/mol. The highest BCUT2D eigenvalue weighted by atomic mass is 35.5. The molecule has 0 atom stereocenters. The van der Waals surface area contributed by atoms with Gasteiger partial charge in [0.05, 0.1) is 13.2 Å². The molecule has 0 heterocycles. The Labute approximate surface area is 199 Å². The van der Waals surface area contributed by atoms with Crippen molar-refractivity contribution < 1.29 is 9.47 Å². The van der Waals surface area contributed by atoms with Gasteiger partial charge in [-0.2, -0.15) is 0 Å². The molecule has 5 heteroatoms. The molecule has 0 unspecified atom stereocenters. The van der Waals surface area contributed by atoms with E-state index in [1.165, 1.54) is 42.5 Å². The first-order valence-corrected chi connectivity index (χ1v) is 14.9. The molecule has 2 aromatic carbocycles. The molecule has 0 amide bonds. The van der Waals surface area contributed by atoms with Crippen molar-refractivity contribution in [2.24, 2.45) is 11.3 Å². The van der Waals surface area contributed by atoms with Crippen LogP contribution in [0.25, 0.3) is 0 Å². The van der Waals surface area contributed by atoms with Crippen LogP contribution in [0, 0.1) is 11.3 Å². The van der Waals surface area contributed by atoms with E-state index in [0.717, 1.165) is 35.7 Å². The van der Waals surface area contributed by atoms with E-state index in [0.29, 0.717) is 5.92 Å². The summed E-state index contributed by atoms with van der Waals surface area (Å²) in [5, 5.41) is 4.39. The van der Waals surface area contributed by atoms with Crippen LogP contribution in [0.15, 0.2) is 48.5 Å². The van der Waals surface area contributed by atoms with Crippen LogP contribution in [0.1, 0.15) is 38.5 Å². The van der Waals surface area contributed by atoms with Crippen LogP contribution >= 0.6 is 23.2 Å². The van der Waals surface area contributed by atoms with Crippen molar-refractivity contribution in [2.75, 3.05) is 27.4 Å². The molecule has 0 aliphatic heterocycles. The summed E-state index contributed by atoms with van der Waals surface area (Å²) in [5.41, 5.74) is 0.0665. The van der Waals surface area contributed by atoms with Crippen molar-refractivity contribution in [3.63, 3.8) is 0 Å². The average molecular weight is 480 g/mol. The Kier molecular flexibility index (Phi) is 9.07. The fraction of sp³-hybridized carbons (Fsp3) is 0.538. The summed E-state index contributed by atoms with van der Waals surface area (Å²) in [6.07, 6.45) is 7.67. The smallest absolute Gasteiger partial charge is 0.115 e. The molecule has 0 aromatic heterocycles. The largest absolute Gasteiger partial charge is 0.384 e. The van der Waals surface area contributed by atoms with Gasteiger partial charge >= 0.3 is 0 Å². The van der Waals surface area contributed by atoms with E-state index in [4.69, 9.17) is 32.7 Å². The van der Waals surface area contributed by atoms with Gasteiger partial charge in [0.15, 0.2) is 0 Å². The van der Waals surface area contributed by atoms with Crippen LogP contribution < -0.4 is 10.4 Å². The Bertz CT molecular complexity index is 750. The standard InChI is InChI=1S/C26H36Cl2O2Si/c1-29-19-26(20-30-2,21-7-5-4-6-8-21)17-18-31(3,24-13-9-22(27)10-14-24)25-15-11-23(28)12-16-25/h9-16,21H,4-8,17-20H2,1-3H3. The molecule has 3 rings (SSSR count). The van der Waals surface area contributed by atoms with Crippen molar-refractivity contribution in [1.82, 2.24) is 0 Å². The Hall–Kier alpha value is -0.843. The normalized spacial score (nSPS) is 15.9. The lowest BCUT2D eigenvalue weighted by atomic mass is 9.68. The topological polar surface area (TPSA) is 18.5 Å². The van der Waals surface area contributed by atoms with Crippen LogP contribution in [0.2, 0.25) is 22.6 Å². The van der Waals surface area contributed by atoms with Crippen LogP contribution in [0.4, 0.5) is 0 Å². The van der Waals surface area contributed by atoms with E-state index in [-0.39, 0.29) is 5.41 Å². The lowest BCUT2D eigenvalue weighted by Gasteiger charge is -2.44. The summed E-state index contributed by atoms with van der Waals surface area (Å²) in [6.45, 7) is 4.00. The van der Waals surface area contributed by atoms with Gasteiger partial charge in [0.25, 0.3) is 0 Å². The third kappa shape index (κ3) is 5.94. The molecule has 170 valence electrons. The minimum atomic E-state index is -2.01. The van der Waals surface area contributed by atoms with Crippen molar-refractivity contribution in [1.29, 1.82) is 0 Å². The quantitative estimate of drug-likeness (QED) is 0.365. The molecule has 1 aliphatic carbocycles. The molecule has 1 fully saturated rings. The number of halogens is 2. The second-order valence-corrected chi connectivity index (χ2v) is 14.6. The number of benzene rings is 2. The van der Waals surface area contributed by atoms with E-state index >= 15 is 0 Å². The van der Waals surface area contributed by atoms with Gasteiger partial charge in [0.1, 0.15) is 8.07 Å². The Balaban J connectivity index is 1.96. The highest BCUT2D eigenvalue weighted by Crippen LogP contribution is 2.43. The Morgan fingerprint density at radius 3 is 1.68 bits per heavy atom. The number of hydrogen-bond donors (Lipinski definition) is 0. The first-order valence-electron chi connectivity index (χ1n) is 11.4. The zero-order valence-corrected chi connectivity index (χ0v) is 21.6. The summed E-state index contributed by atoms with van der Waals surface area (Å²) in [6, 6.07) is 18.1. The maximum atomic E-state index is 6.23. The van der Waals surface area contributed by atoms with E-state index in [9.17, 15) is 0 Å². The molecule has 0 saturated heterocycles. The summed E-state index contributed by atoms with van der Waals surface area (Å²) in [4.78, 5) is 0. The van der Waals surface area contributed by atoms with Gasteiger partial charge in [-0.25, -0.2) is 0 Å².